The number of carbonyl (C=O) groups is 3. The number of nitrogens with one attached hydrogen (secondary N) is 3. The third kappa shape index (κ3) is 5.74. The highest BCUT2D eigenvalue weighted by atomic mass is 16.5. The third-order valence-electron chi connectivity index (χ3n) is 6.44. The molecule has 2 aromatic carbocycles. The molecule has 0 aromatic heterocycles. The summed E-state index contributed by atoms with van der Waals surface area (Å²) in [5.74, 6) is 0.149. The first kappa shape index (κ1) is 24.5. The van der Waals surface area contributed by atoms with Crippen LogP contribution in [0.4, 0.5) is 16.2 Å². The van der Waals surface area contributed by atoms with Crippen LogP contribution in [0.15, 0.2) is 36.4 Å². The molecule has 1 fully saturated rings. The number of ether oxygens (including phenoxy) is 2. The predicted molar refractivity (Wildman–Crippen MR) is 133 cm³/mol. The maximum atomic E-state index is 13.4. The first-order valence-electron chi connectivity index (χ1n) is 11.8. The number of nitrogens with zero attached hydrogens (tertiary/aromatic N) is 1. The average Bonchev–Trinajstić information content (AvgIpc) is 2.81. The average molecular weight is 481 g/mol. The second kappa shape index (κ2) is 10.4. The van der Waals surface area contributed by atoms with Crippen LogP contribution in [-0.4, -0.2) is 61.7 Å². The molecular formula is C26H32N4O5. The van der Waals surface area contributed by atoms with Gasteiger partial charge in [0.25, 0.3) is 5.91 Å². The zero-order valence-electron chi connectivity index (χ0n) is 20.5. The zero-order valence-corrected chi connectivity index (χ0v) is 20.5. The largest absolute Gasteiger partial charge is 0.490 e. The summed E-state index contributed by atoms with van der Waals surface area (Å²) in [6.07, 6.45) is 1.14. The van der Waals surface area contributed by atoms with Crippen LogP contribution in [0.25, 0.3) is 0 Å². The molecule has 9 heteroatoms. The Kier molecular flexibility index (Phi) is 7.25. The molecule has 0 unspecified atom stereocenters. The molecule has 186 valence electrons. The second-order valence-electron chi connectivity index (χ2n) is 9.21. The van der Waals surface area contributed by atoms with Crippen molar-refractivity contribution in [1.82, 2.24) is 10.2 Å². The maximum Gasteiger partial charge on any atom is 0.323 e. The van der Waals surface area contributed by atoms with E-state index in [2.05, 4.69) is 16.0 Å². The van der Waals surface area contributed by atoms with Crippen LogP contribution in [0, 0.1) is 13.8 Å². The Hall–Kier alpha value is -3.59. The van der Waals surface area contributed by atoms with Crippen LogP contribution in [0.2, 0.25) is 0 Å². The second-order valence-corrected chi connectivity index (χ2v) is 9.21. The van der Waals surface area contributed by atoms with E-state index in [0.29, 0.717) is 35.5 Å². The molecule has 0 aliphatic carbocycles. The number of aryl methyl sites for hydroxylation is 2. The Morgan fingerprint density at radius 2 is 1.74 bits per heavy atom. The van der Waals surface area contributed by atoms with Gasteiger partial charge in [0.1, 0.15) is 18.5 Å². The Morgan fingerprint density at radius 3 is 2.46 bits per heavy atom. The number of likely N-dealkylation sites (N-methyl/N-ethyl adjacent to an activating group) is 1. The van der Waals surface area contributed by atoms with Crippen molar-refractivity contribution in [3.8, 4) is 5.75 Å². The summed E-state index contributed by atoms with van der Waals surface area (Å²) >= 11 is 0. The van der Waals surface area contributed by atoms with Crippen molar-refractivity contribution in [3.63, 3.8) is 0 Å². The van der Waals surface area contributed by atoms with E-state index in [1.807, 2.05) is 32.0 Å². The molecule has 2 aliphatic heterocycles. The van der Waals surface area contributed by atoms with E-state index < -0.39 is 6.03 Å². The molecule has 2 aliphatic rings. The summed E-state index contributed by atoms with van der Waals surface area (Å²) < 4.78 is 12.1. The lowest BCUT2D eigenvalue weighted by Crippen LogP contribution is -2.53. The molecule has 2 heterocycles. The number of fused-ring (bicyclic) bond motifs is 2. The van der Waals surface area contributed by atoms with Gasteiger partial charge in [-0.25, -0.2) is 4.79 Å². The SMILES string of the molecule is CNC(=O)C[C@H]1CC[C@H]2[C@H](COc3ccc(NC(=O)Nc4cc(C)cc(C)c4)cc3C(=O)N2C)O1. The van der Waals surface area contributed by atoms with Crippen molar-refractivity contribution in [2.75, 3.05) is 31.3 Å². The number of urea groups is 1. The van der Waals surface area contributed by atoms with Crippen LogP contribution in [0.3, 0.4) is 0 Å². The fourth-order valence-electron chi connectivity index (χ4n) is 4.75. The topological polar surface area (TPSA) is 109 Å². The standard InChI is InChI=1S/C26H32N4O5/c1-15-9-16(2)11-18(10-15)29-26(33)28-17-5-8-22-20(12-17)25(32)30(4)21-7-6-19(13-24(31)27-3)35-23(21)14-34-22/h5,8-12,19,21,23H,6-7,13-14H2,1-4H3,(H,27,31)(H2,28,29,33)/t19-,21+,23+/m1/s1. The number of anilines is 2. The lowest BCUT2D eigenvalue weighted by Gasteiger charge is -2.42. The van der Waals surface area contributed by atoms with Crippen molar-refractivity contribution < 1.29 is 23.9 Å². The summed E-state index contributed by atoms with van der Waals surface area (Å²) in [5, 5.41) is 8.25. The van der Waals surface area contributed by atoms with E-state index in [1.54, 1.807) is 37.2 Å². The number of benzene rings is 2. The maximum absolute atomic E-state index is 13.4. The highest BCUT2D eigenvalue weighted by Crippen LogP contribution is 2.32. The number of rotatable bonds is 4. The molecule has 35 heavy (non-hydrogen) atoms. The van der Waals surface area contributed by atoms with E-state index in [0.717, 1.165) is 11.1 Å². The normalized spacial score (nSPS) is 21.5. The molecule has 4 rings (SSSR count). The van der Waals surface area contributed by atoms with E-state index in [-0.39, 0.29) is 43.1 Å². The van der Waals surface area contributed by atoms with Crippen molar-refractivity contribution in [2.45, 2.75) is 51.4 Å². The van der Waals surface area contributed by atoms with Gasteiger partial charge in [-0.1, -0.05) is 6.07 Å². The molecule has 0 radical (unpaired) electrons. The molecule has 2 aromatic rings. The Bertz CT molecular complexity index is 1110. The summed E-state index contributed by atoms with van der Waals surface area (Å²) in [6, 6.07) is 10.3. The lowest BCUT2D eigenvalue weighted by molar-refractivity contribution is -0.133. The zero-order chi connectivity index (χ0) is 25.1. The summed E-state index contributed by atoms with van der Waals surface area (Å²) in [7, 11) is 3.36. The molecular weight excluding hydrogens is 448 g/mol. The lowest BCUT2D eigenvalue weighted by atomic mass is 9.94. The summed E-state index contributed by atoms with van der Waals surface area (Å²) in [6.45, 7) is 4.20. The van der Waals surface area contributed by atoms with Crippen LogP contribution in [0.5, 0.6) is 5.75 Å². The van der Waals surface area contributed by atoms with Crippen molar-refractivity contribution >= 4 is 29.2 Å². The van der Waals surface area contributed by atoms with Gasteiger partial charge in [-0.2, -0.15) is 0 Å². The smallest absolute Gasteiger partial charge is 0.323 e. The van der Waals surface area contributed by atoms with Gasteiger partial charge in [-0.15, -0.1) is 0 Å². The summed E-state index contributed by atoms with van der Waals surface area (Å²) in [5.41, 5.74) is 3.67. The van der Waals surface area contributed by atoms with Gasteiger partial charge in [0.05, 0.1) is 24.1 Å². The van der Waals surface area contributed by atoms with Gasteiger partial charge in [0, 0.05) is 25.5 Å². The minimum absolute atomic E-state index is 0.0726. The predicted octanol–water partition coefficient (Wildman–Crippen LogP) is 3.46. The fourth-order valence-corrected chi connectivity index (χ4v) is 4.75. The Balaban J connectivity index is 1.47. The van der Waals surface area contributed by atoms with Gasteiger partial charge in [-0.05, 0) is 68.1 Å². The molecule has 0 spiro atoms. The fraction of sp³-hybridized carbons (Fsp3) is 0.423. The number of carbonyl (C=O) groups excluding carboxylic acids is 3. The van der Waals surface area contributed by atoms with Gasteiger partial charge in [0.15, 0.2) is 0 Å². The molecule has 3 atom stereocenters. The highest BCUT2D eigenvalue weighted by Gasteiger charge is 2.39. The first-order valence-corrected chi connectivity index (χ1v) is 11.8. The molecule has 0 saturated carbocycles. The van der Waals surface area contributed by atoms with Gasteiger partial charge < -0.3 is 30.3 Å². The van der Waals surface area contributed by atoms with Crippen molar-refractivity contribution in [2.24, 2.45) is 0 Å². The van der Waals surface area contributed by atoms with Crippen LogP contribution in [0.1, 0.15) is 40.7 Å². The third-order valence-corrected chi connectivity index (χ3v) is 6.44. The van der Waals surface area contributed by atoms with Crippen molar-refractivity contribution in [1.29, 1.82) is 0 Å². The van der Waals surface area contributed by atoms with Gasteiger partial charge >= 0.3 is 6.03 Å². The molecule has 1 saturated heterocycles. The number of hydrogen-bond acceptors (Lipinski definition) is 5. The quantitative estimate of drug-likeness (QED) is 0.621. The Morgan fingerprint density at radius 1 is 1.03 bits per heavy atom. The van der Waals surface area contributed by atoms with Crippen LogP contribution < -0.4 is 20.7 Å². The highest BCUT2D eigenvalue weighted by molar-refractivity contribution is 6.02. The monoisotopic (exact) mass is 480 g/mol. The summed E-state index contributed by atoms with van der Waals surface area (Å²) in [4.78, 5) is 39.4. The number of amides is 4. The van der Waals surface area contributed by atoms with E-state index in [9.17, 15) is 14.4 Å². The molecule has 0 bridgehead atoms. The first-order chi connectivity index (χ1) is 16.7. The van der Waals surface area contributed by atoms with Crippen LogP contribution in [-0.2, 0) is 9.53 Å². The Labute approximate surface area is 205 Å². The molecule has 4 amide bonds. The minimum Gasteiger partial charge on any atom is -0.490 e. The van der Waals surface area contributed by atoms with Gasteiger partial charge in [-0.3, -0.25) is 9.59 Å². The van der Waals surface area contributed by atoms with Crippen molar-refractivity contribution in [3.05, 3.63) is 53.1 Å². The van der Waals surface area contributed by atoms with E-state index >= 15 is 0 Å². The van der Waals surface area contributed by atoms with Crippen LogP contribution >= 0.6 is 0 Å². The van der Waals surface area contributed by atoms with E-state index in [1.165, 1.54) is 0 Å². The molecule has 3 N–H and O–H groups in total. The van der Waals surface area contributed by atoms with Gasteiger partial charge in [0.2, 0.25) is 5.91 Å². The molecule has 9 nitrogen and oxygen atoms in total. The number of hydrogen-bond donors (Lipinski definition) is 3. The minimum atomic E-state index is -0.398. The van der Waals surface area contributed by atoms with E-state index in [4.69, 9.17) is 9.47 Å².